The van der Waals surface area contributed by atoms with Gasteiger partial charge in [0.05, 0.1) is 0 Å². The lowest BCUT2D eigenvalue weighted by molar-refractivity contribution is -0.125. The molecule has 0 atom stereocenters. The van der Waals surface area contributed by atoms with E-state index >= 15 is 0 Å². The van der Waals surface area contributed by atoms with Gasteiger partial charge in [-0.05, 0) is 18.1 Å². The van der Waals surface area contributed by atoms with Crippen molar-refractivity contribution < 1.29 is 9.59 Å². The summed E-state index contributed by atoms with van der Waals surface area (Å²) in [6.45, 7) is 0.730. The maximum absolute atomic E-state index is 11.7. The largest absolute Gasteiger partial charge is 0.319 e. The molecule has 0 unspecified atom stereocenters. The molecule has 3 nitrogen and oxygen atoms in total. The molecule has 0 aliphatic carbocycles. The summed E-state index contributed by atoms with van der Waals surface area (Å²) < 4.78 is 0. The number of carbonyl (C=O) groups excluding carboxylic acids is 2. The first-order valence-electron chi connectivity index (χ1n) is 5.80. The van der Waals surface area contributed by atoms with Gasteiger partial charge in [-0.15, -0.1) is 0 Å². The van der Waals surface area contributed by atoms with Crippen molar-refractivity contribution in [2.24, 2.45) is 0 Å². The van der Waals surface area contributed by atoms with E-state index in [1.54, 1.807) is 11.1 Å². The fraction of sp³-hybridized carbons (Fsp3) is 0.286. The van der Waals surface area contributed by atoms with Gasteiger partial charge < -0.3 is 4.90 Å². The van der Waals surface area contributed by atoms with Crippen LogP contribution in [-0.4, -0.2) is 23.1 Å². The number of rotatable bonds is 4. The van der Waals surface area contributed by atoms with Crippen LogP contribution in [0.3, 0.4) is 0 Å². The molecular weight excluding hydrogens is 214 g/mol. The molecule has 88 valence electrons. The first kappa shape index (κ1) is 11.6. The Morgan fingerprint density at radius 2 is 2.06 bits per heavy atom. The Morgan fingerprint density at radius 1 is 1.29 bits per heavy atom. The molecule has 0 aromatic heterocycles. The summed E-state index contributed by atoms with van der Waals surface area (Å²) in [6.07, 6.45) is 4.98. The lowest BCUT2D eigenvalue weighted by Crippen LogP contribution is -2.18. The van der Waals surface area contributed by atoms with Crippen LogP contribution in [0.15, 0.2) is 42.6 Å². The minimum atomic E-state index is 0.0240. The fourth-order valence-electron chi connectivity index (χ4n) is 1.86. The van der Waals surface area contributed by atoms with Gasteiger partial charge in [0.2, 0.25) is 5.91 Å². The molecule has 0 bridgehead atoms. The van der Waals surface area contributed by atoms with E-state index in [2.05, 4.69) is 0 Å². The maximum Gasteiger partial charge on any atom is 0.226 e. The first-order valence-corrected chi connectivity index (χ1v) is 5.80. The van der Waals surface area contributed by atoms with Crippen LogP contribution >= 0.6 is 0 Å². The summed E-state index contributed by atoms with van der Waals surface area (Å²) in [5.74, 6) is 0.129. The summed E-state index contributed by atoms with van der Waals surface area (Å²) in [7, 11) is 0. The second kappa shape index (κ2) is 5.43. The number of benzene rings is 1. The lowest BCUT2D eigenvalue weighted by atomic mass is 10.1. The van der Waals surface area contributed by atoms with Crippen LogP contribution in [-0.2, 0) is 16.0 Å². The van der Waals surface area contributed by atoms with Crippen LogP contribution in [0, 0.1) is 0 Å². The van der Waals surface area contributed by atoms with Crippen LogP contribution in [0.25, 0.3) is 0 Å². The highest BCUT2D eigenvalue weighted by atomic mass is 16.2. The topological polar surface area (TPSA) is 37.4 Å². The van der Waals surface area contributed by atoms with E-state index in [-0.39, 0.29) is 11.7 Å². The van der Waals surface area contributed by atoms with Crippen molar-refractivity contribution in [3.8, 4) is 0 Å². The molecule has 1 heterocycles. The van der Waals surface area contributed by atoms with E-state index in [0.29, 0.717) is 12.8 Å². The fourth-order valence-corrected chi connectivity index (χ4v) is 1.86. The van der Waals surface area contributed by atoms with Crippen molar-refractivity contribution in [3.05, 3.63) is 48.2 Å². The van der Waals surface area contributed by atoms with Crippen LogP contribution in [0.1, 0.15) is 18.4 Å². The highest BCUT2D eigenvalue weighted by Gasteiger charge is 2.17. The minimum absolute atomic E-state index is 0.0240. The monoisotopic (exact) mass is 229 g/mol. The molecule has 1 fully saturated rings. The highest BCUT2D eigenvalue weighted by Crippen LogP contribution is 2.10. The van der Waals surface area contributed by atoms with Crippen molar-refractivity contribution in [2.75, 3.05) is 6.54 Å². The van der Waals surface area contributed by atoms with Gasteiger partial charge in [0.1, 0.15) is 0 Å². The third-order valence-electron chi connectivity index (χ3n) is 2.77. The summed E-state index contributed by atoms with van der Waals surface area (Å²) in [5.41, 5.74) is 0.995. The second-order valence-electron chi connectivity index (χ2n) is 4.14. The molecule has 1 aromatic rings. The number of allylic oxidation sites excluding steroid dienone is 1. The molecule has 2 rings (SSSR count). The molecule has 0 N–H and O–H groups in total. The van der Waals surface area contributed by atoms with Gasteiger partial charge in [0, 0.05) is 25.6 Å². The zero-order chi connectivity index (χ0) is 12.1. The van der Waals surface area contributed by atoms with E-state index < -0.39 is 0 Å². The molecule has 1 amide bonds. The smallest absolute Gasteiger partial charge is 0.226 e. The van der Waals surface area contributed by atoms with Crippen molar-refractivity contribution in [1.82, 2.24) is 4.90 Å². The number of ketones is 1. The minimum Gasteiger partial charge on any atom is -0.319 e. The van der Waals surface area contributed by atoms with Gasteiger partial charge in [0.25, 0.3) is 0 Å². The Morgan fingerprint density at radius 3 is 2.71 bits per heavy atom. The molecule has 3 heteroatoms. The Bertz CT molecular complexity index is 437. The van der Waals surface area contributed by atoms with E-state index in [0.717, 1.165) is 18.5 Å². The molecule has 1 aromatic carbocycles. The molecule has 1 saturated heterocycles. The molecular formula is C14H15NO2. The average Bonchev–Trinajstić information content (AvgIpc) is 2.74. The molecule has 0 radical (unpaired) electrons. The summed E-state index contributed by atoms with van der Waals surface area (Å²) in [4.78, 5) is 24.6. The number of nitrogens with zero attached hydrogens (tertiary/aromatic N) is 1. The predicted molar refractivity (Wildman–Crippen MR) is 65.2 cm³/mol. The SMILES string of the molecule is O=C(C=CN1CCCC1=O)Cc1ccccc1. The third kappa shape index (κ3) is 3.28. The summed E-state index contributed by atoms with van der Waals surface area (Å²) >= 11 is 0. The van der Waals surface area contributed by atoms with Gasteiger partial charge in [0.15, 0.2) is 5.78 Å². The average molecular weight is 229 g/mol. The summed E-state index contributed by atoms with van der Waals surface area (Å²) in [5, 5.41) is 0. The first-order chi connectivity index (χ1) is 8.25. The molecule has 17 heavy (non-hydrogen) atoms. The Balaban J connectivity index is 1.89. The van der Waals surface area contributed by atoms with Crippen LogP contribution < -0.4 is 0 Å². The normalized spacial score (nSPS) is 15.8. The number of hydrogen-bond donors (Lipinski definition) is 0. The Hall–Kier alpha value is -1.90. The van der Waals surface area contributed by atoms with E-state index in [4.69, 9.17) is 0 Å². The van der Waals surface area contributed by atoms with Crippen LogP contribution in [0.2, 0.25) is 0 Å². The zero-order valence-corrected chi connectivity index (χ0v) is 9.63. The van der Waals surface area contributed by atoms with Crippen molar-refractivity contribution in [2.45, 2.75) is 19.3 Å². The van der Waals surface area contributed by atoms with E-state index in [1.807, 2.05) is 30.3 Å². The third-order valence-corrected chi connectivity index (χ3v) is 2.77. The standard InChI is InChI=1S/C14H15NO2/c16-13(11-12-5-2-1-3-6-12)8-10-15-9-4-7-14(15)17/h1-3,5-6,8,10H,4,7,9,11H2. The van der Waals surface area contributed by atoms with Gasteiger partial charge in [-0.2, -0.15) is 0 Å². The van der Waals surface area contributed by atoms with E-state index in [1.165, 1.54) is 6.08 Å². The van der Waals surface area contributed by atoms with Gasteiger partial charge >= 0.3 is 0 Å². The van der Waals surface area contributed by atoms with Crippen molar-refractivity contribution in [3.63, 3.8) is 0 Å². The molecule has 1 aliphatic rings. The summed E-state index contributed by atoms with van der Waals surface area (Å²) in [6, 6.07) is 9.60. The number of carbonyl (C=O) groups is 2. The van der Waals surface area contributed by atoms with E-state index in [9.17, 15) is 9.59 Å². The second-order valence-corrected chi connectivity index (χ2v) is 4.14. The maximum atomic E-state index is 11.7. The van der Waals surface area contributed by atoms with Crippen LogP contribution in [0.4, 0.5) is 0 Å². The Kier molecular flexibility index (Phi) is 3.70. The molecule has 0 spiro atoms. The Labute approximate surface area is 101 Å². The lowest BCUT2D eigenvalue weighted by Gasteiger charge is -2.07. The van der Waals surface area contributed by atoms with Crippen molar-refractivity contribution in [1.29, 1.82) is 0 Å². The molecule has 0 saturated carbocycles. The van der Waals surface area contributed by atoms with Gasteiger partial charge in [-0.3, -0.25) is 9.59 Å². The van der Waals surface area contributed by atoms with Gasteiger partial charge in [-0.1, -0.05) is 30.3 Å². The number of hydrogen-bond acceptors (Lipinski definition) is 2. The van der Waals surface area contributed by atoms with Gasteiger partial charge in [-0.25, -0.2) is 0 Å². The zero-order valence-electron chi connectivity index (χ0n) is 9.63. The predicted octanol–water partition coefficient (Wildman–Crippen LogP) is 1.93. The number of likely N-dealkylation sites (tertiary alicyclic amines) is 1. The number of amides is 1. The molecule has 1 aliphatic heterocycles. The highest BCUT2D eigenvalue weighted by molar-refractivity contribution is 5.92. The van der Waals surface area contributed by atoms with Crippen LogP contribution in [0.5, 0.6) is 0 Å². The quantitative estimate of drug-likeness (QED) is 0.740. The van der Waals surface area contributed by atoms with Crippen molar-refractivity contribution >= 4 is 11.7 Å².